The Labute approximate surface area is 215 Å². The Kier molecular flexibility index (Phi) is 6.70. The lowest BCUT2D eigenvalue weighted by molar-refractivity contribution is 0.0970. The van der Waals surface area contributed by atoms with Gasteiger partial charge in [-0.2, -0.15) is 0 Å². The van der Waals surface area contributed by atoms with Gasteiger partial charge in [0.2, 0.25) is 5.76 Å². The van der Waals surface area contributed by atoms with Gasteiger partial charge < -0.3 is 13.9 Å². The van der Waals surface area contributed by atoms with E-state index in [0.717, 1.165) is 24.0 Å². The standard InChI is InChI=1S/C30H30N2O5/c1-5-7-14-36-22-12-11-20(17-24(22)35-6-2)27-26-28(33)21-15-18(3)19(4)16-23(21)37-29(26)30(34)32(27)25-10-8-9-13-31-25/h8-13,15-17,27H,5-7,14H2,1-4H3. The molecule has 4 aromatic rings. The Morgan fingerprint density at radius 1 is 0.973 bits per heavy atom. The fourth-order valence-electron chi connectivity index (χ4n) is 4.68. The maximum absolute atomic E-state index is 13.9. The van der Waals surface area contributed by atoms with Crippen LogP contribution in [0, 0.1) is 13.8 Å². The van der Waals surface area contributed by atoms with Crippen LogP contribution in [0.1, 0.15) is 65.5 Å². The zero-order valence-electron chi connectivity index (χ0n) is 21.5. The lowest BCUT2D eigenvalue weighted by Gasteiger charge is -2.25. The molecule has 1 aliphatic heterocycles. The van der Waals surface area contributed by atoms with Gasteiger partial charge in [0.25, 0.3) is 5.91 Å². The van der Waals surface area contributed by atoms with Crippen molar-refractivity contribution in [1.82, 2.24) is 4.98 Å². The van der Waals surface area contributed by atoms with Crippen molar-refractivity contribution in [3.63, 3.8) is 0 Å². The Bertz CT molecular complexity index is 1530. The molecular weight excluding hydrogens is 468 g/mol. The smallest absolute Gasteiger partial charge is 0.296 e. The number of carbonyl (C=O) groups excluding carboxylic acids is 1. The number of carbonyl (C=O) groups is 1. The average Bonchev–Trinajstić information content (AvgIpc) is 3.19. The van der Waals surface area contributed by atoms with E-state index < -0.39 is 11.9 Å². The number of benzene rings is 2. The third-order valence-electron chi connectivity index (χ3n) is 6.72. The molecule has 1 amide bonds. The van der Waals surface area contributed by atoms with Crippen molar-refractivity contribution in [2.24, 2.45) is 0 Å². The van der Waals surface area contributed by atoms with Crippen molar-refractivity contribution in [3.8, 4) is 11.5 Å². The molecule has 1 atom stereocenters. The number of aryl methyl sites for hydroxylation is 2. The van der Waals surface area contributed by atoms with Gasteiger partial charge in [0.05, 0.1) is 30.2 Å². The normalized spacial score (nSPS) is 14.8. The van der Waals surface area contributed by atoms with E-state index in [2.05, 4.69) is 11.9 Å². The summed E-state index contributed by atoms with van der Waals surface area (Å²) in [5.41, 5.74) is 3.15. The molecule has 190 valence electrons. The van der Waals surface area contributed by atoms with Gasteiger partial charge in [-0.15, -0.1) is 0 Å². The first-order chi connectivity index (χ1) is 17.9. The zero-order valence-corrected chi connectivity index (χ0v) is 21.5. The fourth-order valence-corrected chi connectivity index (χ4v) is 4.68. The monoisotopic (exact) mass is 498 g/mol. The minimum Gasteiger partial charge on any atom is -0.490 e. The second-order valence-electron chi connectivity index (χ2n) is 9.21. The van der Waals surface area contributed by atoms with E-state index in [9.17, 15) is 9.59 Å². The maximum atomic E-state index is 13.9. The molecule has 37 heavy (non-hydrogen) atoms. The summed E-state index contributed by atoms with van der Waals surface area (Å²) in [6.45, 7) is 8.94. The minimum absolute atomic E-state index is 0.0395. The van der Waals surface area contributed by atoms with Gasteiger partial charge in [0.15, 0.2) is 16.9 Å². The maximum Gasteiger partial charge on any atom is 0.296 e. The van der Waals surface area contributed by atoms with Crippen LogP contribution in [0.3, 0.4) is 0 Å². The zero-order chi connectivity index (χ0) is 26.1. The molecule has 0 spiro atoms. The predicted octanol–water partition coefficient (Wildman–Crippen LogP) is 6.13. The molecule has 2 aromatic carbocycles. The number of pyridine rings is 1. The molecule has 5 rings (SSSR count). The van der Waals surface area contributed by atoms with Crippen LogP contribution in [0.4, 0.5) is 5.82 Å². The van der Waals surface area contributed by atoms with Gasteiger partial charge in [-0.05, 0) is 80.3 Å². The van der Waals surface area contributed by atoms with E-state index in [1.165, 1.54) is 4.90 Å². The first kappa shape index (κ1) is 24.6. The highest BCUT2D eigenvalue weighted by Crippen LogP contribution is 2.43. The van der Waals surface area contributed by atoms with Gasteiger partial charge in [-0.3, -0.25) is 14.5 Å². The number of rotatable bonds is 8. The van der Waals surface area contributed by atoms with Gasteiger partial charge >= 0.3 is 0 Å². The fraction of sp³-hybridized carbons (Fsp3) is 0.300. The molecule has 0 radical (unpaired) electrons. The Morgan fingerprint density at radius 2 is 1.78 bits per heavy atom. The number of ether oxygens (including phenoxy) is 2. The molecule has 0 saturated carbocycles. The van der Waals surface area contributed by atoms with Crippen LogP contribution in [-0.2, 0) is 0 Å². The van der Waals surface area contributed by atoms with E-state index in [0.29, 0.717) is 52.6 Å². The van der Waals surface area contributed by atoms with Crippen molar-refractivity contribution < 1.29 is 18.7 Å². The number of unbranched alkanes of at least 4 members (excludes halogenated alkanes) is 1. The lowest BCUT2D eigenvalue weighted by Crippen LogP contribution is -2.30. The summed E-state index contributed by atoms with van der Waals surface area (Å²) < 4.78 is 18.0. The van der Waals surface area contributed by atoms with Crippen LogP contribution in [-0.4, -0.2) is 24.1 Å². The van der Waals surface area contributed by atoms with Gasteiger partial charge in [-0.1, -0.05) is 25.5 Å². The molecule has 2 aromatic heterocycles. The first-order valence-electron chi connectivity index (χ1n) is 12.7. The molecule has 0 saturated heterocycles. The second-order valence-corrected chi connectivity index (χ2v) is 9.21. The third-order valence-corrected chi connectivity index (χ3v) is 6.72. The highest BCUT2D eigenvalue weighted by Gasteiger charge is 2.44. The predicted molar refractivity (Wildman–Crippen MR) is 143 cm³/mol. The molecule has 1 unspecified atom stereocenters. The summed E-state index contributed by atoms with van der Waals surface area (Å²) in [7, 11) is 0. The SMILES string of the molecule is CCCCOc1ccc(C2c3c(oc4cc(C)c(C)cc4c3=O)C(=O)N2c2ccccn2)cc1OCC. The molecule has 0 N–H and O–H groups in total. The lowest BCUT2D eigenvalue weighted by atomic mass is 9.97. The Hall–Kier alpha value is -4.13. The van der Waals surface area contributed by atoms with Crippen molar-refractivity contribution in [2.45, 2.75) is 46.6 Å². The second kappa shape index (κ2) is 10.1. The molecule has 3 heterocycles. The molecule has 7 nitrogen and oxygen atoms in total. The van der Waals surface area contributed by atoms with Gasteiger partial charge in [0, 0.05) is 6.20 Å². The Morgan fingerprint density at radius 3 is 2.51 bits per heavy atom. The summed E-state index contributed by atoms with van der Waals surface area (Å²) in [6.07, 6.45) is 3.57. The number of hydrogen-bond acceptors (Lipinski definition) is 6. The summed E-state index contributed by atoms with van der Waals surface area (Å²) in [4.78, 5) is 33.7. The number of anilines is 1. The number of fused-ring (bicyclic) bond motifs is 2. The van der Waals surface area contributed by atoms with E-state index in [-0.39, 0.29) is 11.2 Å². The molecule has 7 heteroatoms. The van der Waals surface area contributed by atoms with Crippen LogP contribution in [0.25, 0.3) is 11.0 Å². The Balaban J connectivity index is 1.72. The van der Waals surface area contributed by atoms with E-state index in [1.807, 2.05) is 57.2 Å². The number of amides is 1. The largest absolute Gasteiger partial charge is 0.490 e. The van der Waals surface area contributed by atoms with Crippen molar-refractivity contribution >= 4 is 22.7 Å². The average molecular weight is 499 g/mol. The van der Waals surface area contributed by atoms with Crippen molar-refractivity contribution in [2.75, 3.05) is 18.1 Å². The molecule has 1 aliphatic rings. The van der Waals surface area contributed by atoms with Crippen molar-refractivity contribution in [3.05, 3.63) is 93.0 Å². The van der Waals surface area contributed by atoms with Crippen LogP contribution in [0.15, 0.2) is 63.9 Å². The quantitative estimate of drug-likeness (QED) is 0.272. The summed E-state index contributed by atoms with van der Waals surface area (Å²) >= 11 is 0. The molecule has 0 aliphatic carbocycles. The molecular formula is C30H30N2O5. The van der Waals surface area contributed by atoms with Gasteiger partial charge in [-0.25, -0.2) is 4.98 Å². The summed E-state index contributed by atoms with van der Waals surface area (Å²) in [5.74, 6) is 1.26. The summed E-state index contributed by atoms with van der Waals surface area (Å²) in [6, 6.07) is 13.8. The number of hydrogen-bond donors (Lipinski definition) is 0. The van der Waals surface area contributed by atoms with Crippen molar-refractivity contribution in [1.29, 1.82) is 0 Å². The van der Waals surface area contributed by atoms with Crippen LogP contribution >= 0.6 is 0 Å². The van der Waals surface area contributed by atoms with E-state index in [1.54, 1.807) is 18.3 Å². The molecule has 0 bridgehead atoms. The van der Waals surface area contributed by atoms with E-state index >= 15 is 0 Å². The van der Waals surface area contributed by atoms with Gasteiger partial charge in [0.1, 0.15) is 11.4 Å². The van der Waals surface area contributed by atoms with Crippen LogP contribution in [0.2, 0.25) is 0 Å². The van der Waals surface area contributed by atoms with Crippen LogP contribution < -0.4 is 19.8 Å². The first-order valence-corrected chi connectivity index (χ1v) is 12.7. The molecule has 0 fully saturated rings. The minimum atomic E-state index is -0.733. The summed E-state index contributed by atoms with van der Waals surface area (Å²) in [5, 5.41) is 0.451. The number of nitrogens with zero attached hydrogens (tertiary/aromatic N) is 2. The van der Waals surface area contributed by atoms with E-state index in [4.69, 9.17) is 13.9 Å². The highest BCUT2D eigenvalue weighted by molar-refractivity contribution is 6.10. The highest BCUT2D eigenvalue weighted by atomic mass is 16.5. The topological polar surface area (TPSA) is 81.9 Å². The van der Waals surface area contributed by atoms with Crippen LogP contribution in [0.5, 0.6) is 11.5 Å². The number of aromatic nitrogens is 1. The third kappa shape index (κ3) is 4.35.